The van der Waals surface area contributed by atoms with Crippen LogP contribution >= 0.6 is 11.8 Å². The molecule has 1 amide bonds. The fourth-order valence-corrected chi connectivity index (χ4v) is 5.24. The van der Waals surface area contributed by atoms with Crippen LogP contribution in [0.5, 0.6) is 0 Å². The second kappa shape index (κ2) is 11.2. The molecule has 10 heteroatoms. The molecule has 2 aromatic carbocycles. The highest BCUT2D eigenvalue weighted by molar-refractivity contribution is 7.98. The van der Waals surface area contributed by atoms with Gasteiger partial charge in [0, 0.05) is 61.5 Å². The van der Waals surface area contributed by atoms with E-state index >= 15 is 0 Å². The predicted molar refractivity (Wildman–Crippen MR) is 144 cm³/mol. The van der Waals surface area contributed by atoms with E-state index in [1.54, 1.807) is 6.07 Å². The van der Waals surface area contributed by atoms with Crippen molar-refractivity contribution < 1.29 is 18.0 Å². The standard InChI is InChI=1S/C28H30F3N5OS/c1-19-15-25(36-13-11-35(12-14-36)24-4-2-3-23(16-24)28(29,30)31)34-27(33-19)38-18-21-7-9-22(10-8-21)26(37)32-17-20-5-6-20/h2-4,7-10,15-16,20H,5-6,11-14,17-18H2,1H3,(H,32,37). The molecule has 2 aliphatic rings. The summed E-state index contributed by atoms with van der Waals surface area (Å²) in [5, 5.41) is 3.66. The minimum Gasteiger partial charge on any atom is -0.368 e. The summed E-state index contributed by atoms with van der Waals surface area (Å²) in [5.74, 6) is 2.12. The number of aryl methyl sites for hydroxylation is 1. The van der Waals surface area contributed by atoms with E-state index in [-0.39, 0.29) is 5.91 Å². The molecular weight excluding hydrogens is 511 g/mol. The van der Waals surface area contributed by atoms with Crippen LogP contribution in [0.2, 0.25) is 0 Å². The number of thioether (sulfide) groups is 1. The summed E-state index contributed by atoms with van der Waals surface area (Å²) < 4.78 is 39.3. The van der Waals surface area contributed by atoms with Gasteiger partial charge in [0.2, 0.25) is 0 Å². The number of carbonyl (C=O) groups is 1. The van der Waals surface area contributed by atoms with Gasteiger partial charge < -0.3 is 15.1 Å². The van der Waals surface area contributed by atoms with Crippen molar-refractivity contribution in [1.29, 1.82) is 0 Å². The van der Waals surface area contributed by atoms with Crippen molar-refractivity contribution in [1.82, 2.24) is 15.3 Å². The Hall–Kier alpha value is -3.27. The number of hydrogen-bond donors (Lipinski definition) is 1. The molecule has 0 atom stereocenters. The maximum Gasteiger partial charge on any atom is 0.416 e. The van der Waals surface area contributed by atoms with Gasteiger partial charge in [0.15, 0.2) is 5.16 Å². The third kappa shape index (κ3) is 6.78. The Morgan fingerprint density at radius 3 is 2.39 bits per heavy atom. The van der Waals surface area contributed by atoms with E-state index in [4.69, 9.17) is 4.98 Å². The van der Waals surface area contributed by atoms with Crippen LogP contribution in [-0.2, 0) is 11.9 Å². The topological polar surface area (TPSA) is 61.4 Å². The molecule has 5 rings (SSSR count). The third-order valence-electron chi connectivity index (χ3n) is 6.79. The molecule has 1 aliphatic heterocycles. The lowest BCUT2D eigenvalue weighted by Crippen LogP contribution is -2.47. The molecule has 1 saturated carbocycles. The highest BCUT2D eigenvalue weighted by Crippen LogP contribution is 2.32. The fourth-order valence-electron chi connectivity index (χ4n) is 4.39. The molecule has 0 unspecified atom stereocenters. The first-order valence-electron chi connectivity index (χ1n) is 12.8. The number of benzene rings is 2. The van der Waals surface area contributed by atoms with Gasteiger partial charge >= 0.3 is 6.18 Å². The quantitative estimate of drug-likeness (QED) is 0.298. The largest absolute Gasteiger partial charge is 0.416 e. The van der Waals surface area contributed by atoms with Crippen molar-refractivity contribution in [2.24, 2.45) is 5.92 Å². The number of nitrogens with zero attached hydrogens (tertiary/aromatic N) is 4. The van der Waals surface area contributed by atoms with Crippen molar-refractivity contribution in [2.75, 3.05) is 42.5 Å². The number of alkyl halides is 3. The Morgan fingerprint density at radius 1 is 1.00 bits per heavy atom. The number of rotatable bonds is 8. The summed E-state index contributed by atoms with van der Waals surface area (Å²) >= 11 is 1.54. The van der Waals surface area contributed by atoms with Gasteiger partial charge in [-0.05, 0) is 61.6 Å². The third-order valence-corrected chi connectivity index (χ3v) is 7.71. The van der Waals surface area contributed by atoms with E-state index < -0.39 is 11.7 Å². The summed E-state index contributed by atoms with van der Waals surface area (Å²) in [7, 11) is 0. The lowest BCUT2D eigenvalue weighted by Gasteiger charge is -2.37. The van der Waals surface area contributed by atoms with E-state index in [1.807, 2.05) is 42.2 Å². The first-order chi connectivity index (χ1) is 18.2. The summed E-state index contributed by atoms with van der Waals surface area (Å²) in [6.45, 7) is 5.20. The van der Waals surface area contributed by atoms with Crippen molar-refractivity contribution in [3.63, 3.8) is 0 Å². The van der Waals surface area contributed by atoms with Gasteiger partial charge in [0.1, 0.15) is 5.82 Å². The molecule has 3 aromatic rings. The molecule has 1 N–H and O–H groups in total. The van der Waals surface area contributed by atoms with E-state index in [1.165, 1.54) is 36.7 Å². The lowest BCUT2D eigenvalue weighted by atomic mass is 10.1. The average Bonchev–Trinajstić information content (AvgIpc) is 3.75. The zero-order chi connectivity index (χ0) is 26.7. The second-order valence-electron chi connectivity index (χ2n) is 9.81. The Kier molecular flexibility index (Phi) is 7.78. The van der Waals surface area contributed by atoms with Gasteiger partial charge in [-0.2, -0.15) is 13.2 Å². The number of nitrogens with one attached hydrogen (secondary N) is 1. The van der Waals surface area contributed by atoms with Crippen LogP contribution in [0, 0.1) is 12.8 Å². The number of aromatic nitrogens is 2. The predicted octanol–water partition coefficient (Wildman–Crippen LogP) is 5.56. The van der Waals surface area contributed by atoms with E-state index in [2.05, 4.69) is 15.2 Å². The summed E-state index contributed by atoms with van der Waals surface area (Å²) in [6, 6.07) is 15.1. The molecule has 200 valence electrons. The highest BCUT2D eigenvalue weighted by atomic mass is 32.2. The van der Waals surface area contributed by atoms with E-state index in [0.29, 0.717) is 54.3 Å². The number of anilines is 2. The first kappa shape index (κ1) is 26.3. The molecule has 1 aromatic heterocycles. The summed E-state index contributed by atoms with van der Waals surface area (Å²) in [5.41, 5.74) is 2.56. The minimum atomic E-state index is -4.35. The molecule has 38 heavy (non-hydrogen) atoms. The van der Waals surface area contributed by atoms with Gasteiger partial charge in [-0.1, -0.05) is 30.0 Å². The van der Waals surface area contributed by atoms with Gasteiger partial charge in [0.25, 0.3) is 5.91 Å². The van der Waals surface area contributed by atoms with Crippen LogP contribution in [0.3, 0.4) is 0 Å². The Bertz CT molecular complexity index is 1270. The van der Waals surface area contributed by atoms with Gasteiger partial charge in [-0.15, -0.1) is 0 Å². The second-order valence-corrected chi connectivity index (χ2v) is 10.8. The van der Waals surface area contributed by atoms with Crippen LogP contribution in [0.15, 0.2) is 59.8 Å². The number of hydrogen-bond acceptors (Lipinski definition) is 6. The van der Waals surface area contributed by atoms with Crippen molar-refractivity contribution in [2.45, 2.75) is 36.9 Å². The van der Waals surface area contributed by atoms with Crippen molar-refractivity contribution in [3.8, 4) is 0 Å². The minimum absolute atomic E-state index is 0.0316. The number of halogens is 3. The summed E-state index contributed by atoms with van der Waals surface area (Å²) in [4.78, 5) is 25.7. The maximum absolute atomic E-state index is 13.1. The number of amides is 1. The number of piperazine rings is 1. The SMILES string of the molecule is Cc1cc(N2CCN(c3cccc(C(F)(F)F)c3)CC2)nc(SCc2ccc(C(=O)NCC3CC3)cc2)n1. The maximum atomic E-state index is 13.1. The molecule has 0 spiro atoms. The highest BCUT2D eigenvalue weighted by Gasteiger charge is 2.31. The van der Waals surface area contributed by atoms with Gasteiger partial charge in [-0.25, -0.2) is 9.97 Å². The fraction of sp³-hybridized carbons (Fsp3) is 0.393. The average molecular weight is 542 g/mol. The van der Waals surface area contributed by atoms with E-state index in [9.17, 15) is 18.0 Å². The monoisotopic (exact) mass is 541 g/mol. The summed E-state index contributed by atoms with van der Waals surface area (Å²) in [6.07, 6.45) is -1.94. The van der Waals surface area contributed by atoms with E-state index in [0.717, 1.165) is 29.7 Å². The van der Waals surface area contributed by atoms with Crippen LogP contribution in [0.4, 0.5) is 24.7 Å². The molecule has 2 heterocycles. The van der Waals surface area contributed by atoms with Crippen molar-refractivity contribution >= 4 is 29.2 Å². The molecule has 0 bridgehead atoms. The lowest BCUT2D eigenvalue weighted by molar-refractivity contribution is -0.137. The molecule has 2 fully saturated rings. The molecule has 1 saturated heterocycles. The Labute approximate surface area is 224 Å². The van der Waals surface area contributed by atoms with Crippen LogP contribution < -0.4 is 15.1 Å². The molecular formula is C28H30F3N5OS. The molecule has 6 nitrogen and oxygen atoms in total. The normalized spacial score (nSPS) is 16.0. The number of carbonyl (C=O) groups excluding carboxylic acids is 1. The van der Waals surface area contributed by atoms with Crippen LogP contribution in [-0.4, -0.2) is 48.6 Å². The molecule has 0 radical (unpaired) electrons. The Balaban J connectivity index is 1.16. The van der Waals surface area contributed by atoms with Crippen LogP contribution in [0.25, 0.3) is 0 Å². The smallest absolute Gasteiger partial charge is 0.368 e. The van der Waals surface area contributed by atoms with Crippen LogP contribution in [0.1, 0.15) is 40.0 Å². The first-order valence-corrected chi connectivity index (χ1v) is 13.8. The van der Waals surface area contributed by atoms with Gasteiger partial charge in [0.05, 0.1) is 5.56 Å². The zero-order valence-electron chi connectivity index (χ0n) is 21.2. The zero-order valence-corrected chi connectivity index (χ0v) is 22.0. The Morgan fingerprint density at radius 2 is 1.71 bits per heavy atom. The van der Waals surface area contributed by atoms with Gasteiger partial charge in [-0.3, -0.25) is 4.79 Å². The molecule has 1 aliphatic carbocycles. The van der Waals surface area contributed by atoms with Crippen molar-refractivity contribution in [3.05, 3.63) is 77.0 Å².